The first-order valence-electron chi connectivity index (χ1n) is 7.43. The smallest absolute Gasteiger partial charge is 0.223 e. The fourth-order valence-corrected chi connectivity index (χ4v) is 2.73. The van der Waals surface area contributed by atoms with E-state index in [4.69, 9.17) is 4.52 Å². The van der Waals surface area contributed by atoms with E-state index in [-0.39, 0.29) is 0 Å². The van der Waals surface area contributed by atoms with Crippen LogP contribution in [0.1, 0.15) is 30.1 Å². The molecule has 1 atom stereocenters. The van der Waals surface area contributed by atoms with Crippen molar-refractivity contribution in [3.8, 4) is 0 Å². The molecule has 6 nitrogen and oxygen atoms in total. The van der Waals surface area contributed by atoms with E-state index >= 15 is 0 Å². The van der Waals surface area contributed by atoms with Crippen molar-refractivity contribution in [3.05, 3.63) is 41.8 Å². The van der Waals surface area contributed by atoms with Crippen LogP contribution in [-0.2, 0) is 13.1 Å². The molecule has 112 valence electrons. The maximum atomic E-state index is 5.03. The summed E-state index contributed by atoms with van der Waals surface area (Å²) in [6.45, 7) is 5.61. The van der Waals surface area contributed by atoms with Gasteiger partial charge in [-0.05, 0) is 37.1 Å². The Morgan fingerprint density at radius 2 is 2.24 bits per heavy atom. The predicted octanol–water partition coefficient (Wildman–Crippen LogP) is 1.53. The Bertz CT molecular complexity index is 556. The van der Waals surface area contributed by atoms with Crippen molar-refractivity contribution in [1.82, 2.24) is 25.3 Å². The fourth-order valence-electron chi connectivity index (χ4n) is 2.73. The molecule has 0 unspecified atom stereocenters. The average molecular weight is 287 g/mol. The number of aromatic nitrogens is 3. The molecule has 0 aromatic carbocycles. The highest BCUT2D eigenvalue weighted by molar-refractivity contribution is 5.09. The van der Waals surface area contributed by atoms with Crippen LogP contribution in [0.5, 0.6) is 0 Å². The average Bonchev–Trinajstić information content (AvgIpc) is 2.92. The number of nitrogens with one attached hydrogen (secondary N) is 1. The molecule has 1 aliphatic heterocycles. The Labute approximate surface area is 124 Å². The molecule has 2 aromatic rings. The molecule has 0 radical (unpaired) electrons. The highest BCUT2D eigenvalue weighted by Crippen LogP contribution is 2.13. The second-order valence-electron chi connectivity index (χ2n) is 5.54. The molecule has 1 fully saturated rings. The van der Waals surface area contributed by atoms with Crippen molar-refractivity contribution in [3.63, 3.8) is 0 Å². The van der Waals surface area contributed by atoms with E-state index in [1.54, 1.807) is 0 Å². The molecule has 1 aliphatic rings. The Morgan fingerprint density at radius 3 is 3.00 bits per heavy atom. The first-order valence-corrected chi connectivity index (χ1v) is 7.43. The third kappa shape index (κ3) is 4.09. The topological polar surface area (TPSA) is 67.1 Å². The lowest BCUT2D eigenvalue weighted by molar-refractivity contribution is 0.177. The summed E-state index contributed by atoms with van der Waals surface area (Å²) in [4.78, 5) is 10.7. The summed E-state index contributed by atoms with van der Waals surface area (Å²) in [5, 5.41) is 7.60. The molecule has 6 heteroatoms. The Balaban J connectivity index is 1.49. The van der Waals surface area contributed by atoms with Gasteiger partial charge in [-0.2, -0.15) is 4.98 Å². The summed E-state index contributed by atoms with van der Waals surface area (Å²) in [6, 6.07) is 4.62. The van der Waals surface area contributed by atoms with E-state index in [0.717, 1.165) is 32.0 Å². The lowest BCUT2D eigenvalue weighted by Gasteiger charge is -2.32. The van der Waals surface area contributed by atoms with Crippen molar-refractivity contribution in [2.75, 3.05) is 13.1 Å². The van der Waals surface area contributed by atoms with Crippen LogP contribution < -0.4 is 5.32 Å². The van der Waals surface area contributed by atoms with Crippen molar-refractivity contribution in [2.45, 2.75) is 38.9 Å². The molecule has 0 bridgehead atoms. The van der Waals surface area contributed by atoms with Crippen molar-refractivity contribution in [1.29, 1.82) is 0 Å². The van der Waals surface area contributed by atoms with Gasteiger partial charge in [-0.15, -0.1) is 0 Å². The van der Waals surface area contributed by atoms with Crippen LogP contribution in [0.3, 0.4) is 0 Å². The molecule has 2 aromatic heterocycles. The Morgan fingerprint density at radius 1 is 1.38 bits per heavy atom. The van der Waals surface area contributed by atoms with Crippen LogP contribution in [0.4, 0.5) is 0 Å². The summed E-state index contributed by atoms with van der Waals surface area (Å²) >= 11 is 0. The first-order chi connectivity index (χ1) is 10.3. The predicted molar refractivity (Wildman–Crippen MR) is 78.4 cm³/mol. The number of hydrogen-bond acceptors (Lipinski definition) is 6. The number of aryl methyl sites for hydroxylation is 1. The van der Waals surface area contributed by atoms with Crippen LogP contribution in [0.2, 0.25) is 0 Å². The van der Waals surface area contributed by atoms with Gasteiger partial charge in [0.25, 0.3) is 0 Å². The van der Waals surface area contributed by atoms with E-state index in [9.17, 15) is 0 Å². The zero-order valence-corrected chi connectivity index (χ0v) is 12.3. The summed E-state index contributed by atoms with van der Waals surface area (Å²) in [6.07, 6.45) is 6.09. The van der Waals surface area contributed by atoms with Gasteiger partial charge in [-0.25, -0.2) is 0 Å². The van der Waals surface area contributed by atoms with E-state index in [1.807, 2.05) is 19.3 Å². The largest absolute Gasteiger partial charge is 0.340 e. The number of piperidine rings is 1. The van der Waals surface area contributed by atoms with Gasteiger partial charge in [0, 0.05) is 38.4 Å². The molecule has 3 rings (SSSR count). The Hall–Kier alpha value is -1.79. The lowest BCUT2D eigenvalue weighted by atomic mass is 10.1. The minimum atomic E-state index is 0.514. The highest BCUT2D eigenvalue weighted by Gasteiger charge is 2.20. The SMILES string of the molecule is Cc1nc(CN2CCC[C@@H](NCc3ccncc3)C2)no1. The van der Waals surface area contributed by atoms with Crippen molar-refractivity contribution < 1.29 is 4.52 Å². The normalized spacial score (nSPS) is 19.8. The van der Waals surface area contributed by atoms with Crippen LogP contribution in [0.25, 0.3) is 0 Å². The number of pyridine rings is 1. The number of rotatable bonds is 5. The summed E-state index contributed by atoms with van der Waals surface area (Å²) in [5.41, 5.74) is 1.27. The standard InChI is InChI=1S/C15H21N5O/c1-12-18-15(19-21-12)11-20-8-2-3-14(10-20)17-9-13-4-6-16-7-5-13/h4-7,14,17H,2-3,8-11H2,1H3/t14-/m1/s1. The minimum Gasteiger partial charge on any atom is -0.340 e. The minimum absolute atomic E-state index is 0.514. The second-order valence-corrected chi connectivity index (χ2v) is 5.54. The summed E-state index contributed by atoms with van der Waals surface area (Å²) in [7, 11) is 0. The van der Waals surface area contributed by atoms with Gasteiger partial charge < -0.3 is 9.84 Å². The maximum absolute atomic E-state index is 5.03. The Kier molecular flexibility index (Phi) is 4.57. The van der Waals surface area contributed by atoms with Gasteiger partial charge in [-0.1, -0.05) is 5.16 Å². The zero-order valence-electron chi connectivity index (χ0n) is 12.3. The molecule has 21 heavy (non-hydrogen) atoms. The number of nitrogens with zero attached hydrogens (tertiary/aromatic N) is 4. The molecule has 0 aliphatic carbocycles. The van der Waals surface area contributed by atoms with Gasteiger partial charge in [-0.3, -0.25) is 9.88 Å². The molecule has 0 amide bonds. The van der Waals surface area contributed by atoms with Crippen LogP contribution in [0.15, 0.2) is 29.0 Å². The molecule has 0 spiro atoms. The fraction of sp³-hybridized carbons (Fsp3) is 0.533. The number of likely N-dealkylation sites (tertiary alicyclic amines) is 1. The lowest BCUT2D eigenvalue weighted by Crippen LogP contribution is -2.45. The van der Waals surface area contributed by atoms with Crippen molar-refractivity contribution in [2.24, 2.45) is 0 Å². The van der Waals surface area contributed by atoms with Crippen molar-refractivity contribution >= 4 is 0 Å². The van der Waals surface area contributed by atoms with Crippen LogP contribution in [-0.4, -0.2) is 39.2 Å². The second kappa shape index (κ2) is 6.78. The summed E-state index contributed by atoms with van der Waals surface area (Å²) in [5.74, 6) is 1.41. The van der Waals surface area contributed by atoms with Crippen LogP contribution in [0, 0.1) is 6.92 Å². The van der Waals surface area contributed by atoms with Gasteiger partial charge in [0.1, 0.15) is 0 Å². The quantitative estimate of drug-likeness (QED) is 0.899. The van der Waals surface area contributed by atoms with Gasteiger partial charge in [0.2, 0.25) is 5.89 Å². The zero-order chi connectivity index (χ0) is 14.5. The first kappa shape index (κ1) is 14.2. The third-order valence-electron chi connectivity index (χ3n) is 3.78. The van der Waals surface area contributed by atoms with E-state index < -0.39 is 0 Å². The maximum Gasteiger partial charge on any atom is 0.223 e. The summed E-state index contributed by atoms with van der Waals surface area (Å²) < 4.78 is 5.03. The molecular weight excluding hydrogens is 266 g/mol. The third-order valence-corrected chi connectivity index (χ3v) is 3.78. The van der Waals surface area contributed by atoms with E-state index in [0.29, 0.717) is 11.9 Å². The van der Waals surface area contributed by atoms with E-state index in [2.05, 4.69) is 37.5 Å². The molecule has 0 saturated carbocycles. The molecule has 3 heterocycles. The van der Waals surface area contributed by atoms with Gasteiger partial charge >= 0.3 is 0 Å². The van der Waals surface area contributed by atoms with E-state index in [1.165, 1.54) is 18.4 Å². The monoisotopic (exact) mass is 287 g/mol. The van der Waals surface area contributed by atoms with Gasteiger partial charge in [0.05, 0.1) is 6.54 Å². The highest BCUT2D eigenvalue weighted by atomic mass is 16.5. The molecule has 1 N–H and O–H groups in total. The molecule has 1 saturated heterocycles. The van der Waals surface area contributed by atoms with Gasteiger partial charge in [0.15, 0.2) is 5.82 Å². The van der Waals surface area contributed by atoms with Crippen LogP contribution >= 0.6 is 0 Å². The molecular formula is C15H21N5O. The number of hydrogen-bond donors (Lipinski definition) is 1.